The summed E-state index contributed by atoms with van der Waals surface area (Å²) in [5.41, 5.74) is 1.74. The lowest BCUT2D eigenvalue weighted by Crippen LogP contribution is -2.05. The molecule has 3 aromatic rings. The molecule has 1 aromatic carbocycles. The van der Waals surface area contributed by atoms with Gasteiger partial charge in [0, 0.05) is 16.2 Å². The number of hydrogen-bond acceptors (Lipinski definition) is 2. The zero-order valence-electron chi connectivity index (χ0n) is 10.8. The molecule has 0 unspecified atom stereocenters. The quantitative estimate of drug-likeness (QED) is 0.686. The second-order valence-corrected chi connectivity index (χ2v) is 5.52. The van der Waals surface area contributed by atoms with Gasteiger partial charge in [0.1, 0.15) is 5.82 Å². The SMILES string of the molecule is Cc1cnc2nc(-c3cc(C(F)(F)F)ccc3Br)[nH]c2c1. The second kappa shape index (κ2) is 4.84. The first-order chi connectivity index (χ1) is 9.84. The number of aromatic amines is 1. The van der Waals surface area contributed by atoms with E-state index in [1.54, 1.807) is 6.20 Å². The number of nitrogens with zero attached hydrogens (tertiary/aromatic N) is 2. The van der Waals surface area contributed by atoms with Gasteiger partial charge in [0.05, 0.1) is 11.1 Å². The highest BCUT2D eigenvalue weighted by molar-refractivity contribution is 9.10. The topological polar surface area (TPSA) is 41.6 Å². The van der Waals surface area contributed by atoms with Crippen LogP contribution < -0.4 is 0 Å². The van der Waals surface area contributed by atoms with E-state index in [-0.39, 0.29) is 0 Å². The minimum Gasteiger partial charge on any atom is -0.337 e. The van der Waals surface area contributed by atoms with E-state index in [0.717, 1.165) is 17.7 Å². The van der Waals surface area contributed by atoms with Crippen LogP contribution in [0.2, 0.25) is 0 Å². The van der Waals surface area contributed by atoms with E-state index in [9.17, 15) is 13.2 Å². The van der Waals surface area contributed by atoms with Crippen molar-refractivity contribution in [3.05, 3.63) is 46.1 Å². The Labute approximate surface area is 126 Å². The third-order valence-corrected chi connectivity index (χ3v) is 3.71. The summed E-state index contributed by atoms with van der Waals surface area (Å²) in [6.45, 7) is 1.88. The number of alkyl halides is 3. The Morgan fingerprint density at radius 2 is 1.95 bits per heavy atom. The molecular weight excluding hydrogens is 347 g/mol. The van der Waals surface area contributed by atoms with Crippen molar-refractivity contribution in [1.29, 1.82) is 0 Å². The number of halogens is 4. The number of fused-ring (bicyclic) bond motifs is 1. The van der Waals surface area contributed by atoms with E-state index in [1.165, 1.54) is 6.07 Å². The molecule has 1 N–H and O–H groups in total. The number of aromatic nitrogens is 3. The molecule has 3 rings (SSSR count). The van der Waals surface area contributed by atoms with Crippen LogP contribution in [0.1, 0.15) is 11.1 Å². The lowest BCUT2D eigenvalue weighted by atomic mass is 10.1. The minimum absolute atomic E-state index is 0.348. The first-order valence-electron chi connectivity index (χ1n) is 6.04. The van der Waals surface area contributed by atoms with Crippen LogP contribution in [0.25, 0.3) is 22.6 Å². The molecule has 2 heterocycles. The zero-order chi connectivity index (χ0) is 15.2. The van der Waals surface area contributed by atoms with Gasteiger partial charge in [0.25, 0.3) is 0 Å². The minimum atomic E-state index is -4.39. The van der Waals surface area contributed by atoms with Gasteiger partial charge in [0.15, 0.2) is 5.65 Å². The smallest absolute Gasteiger partial charge is 0.337 e. The standard InChI is InChI=1S/C14H9BrF3N3/c1-7-4-11-13(19-6-7)21-12(20-11)9-5-8(14(16,17)18)2-3-10(9)15/h2-6H,1H3,(H,19,20,21). The van der Waals surface area contributed by atoms with E-state index in [1.807, 2.05) is 13.0 Å². The van der Waals surface area contributed by atoms with Crippen LogP contribution in [0, 0.1) is 6.92 Å². The molecule has 0 amide bonds. The summed E-state index contributed by atoms with van der Waals surface area (Å²) >= 11 is 3.26. The highest BCUT2D eigenvalue weighted by atomic mass is 79.9. The maximum Gasteiger partial charge on any atom is 0.416 e. The largest absolute Gasteiger partial charge is 0.416 e. The molecule has 0 aliphatic carbocycles. The lowest BCUT2D eigenvalue weighted by Gasteiger charge is -2.09. The van der Waals surface area contributed by atoms with Crippen molar-refractivity contribution in [3.8, 4) is 11.4 Å². The molecule has 0 aliphatic rings. The van der Waals surface area contributed by atoms with Crippen LogP contribution in [0.4, 0.5) is 13.2 Å². The van der Waals surface area contributed by atoms with E-state index >= 15 is 0 Å². The van der Waals surface area contributed by atoms with Crippen molar-refractivity contribution in [2.24, 2.45) is 0 Å². The first kappa shape index (κ1) is 14.1. The fraction of sp³-hybridized carbons (Fsp3) is 0.143. The molecule has 0 saturated carbocycles. The fourth-order valence-electron chi connectivity index (χ4n) is 2.02. The summed E-state index contributed by atoms with van der Waals surface area (Å²) in [4.78, 5) is 11.4. The van der Waals surface area contributed by atoms with Gasteiger partial charge in [-0.1, -0.05) is 15.9 Å². The number of rotatable bonds is 1. The molecule has 3 nitrogen and oxygen atoms in total. The number of aryl methyl sites for hydroxylation is 1. The Hall–Kier alpha value is -1.89. The highest BCUT2D eigenvalue weighted by Crippen LogP contribution is 2.35. The Morgan fingerprint density at radius 3 is 2.67 bits per heavy atom. The summed E-state index contributed by atoms with van der Waals surface area (Å²) < 4.78 is 39.0. The molecule has 21 heavy (non-hydrogen) atoms. The van der Waals surface area contributed by atoms with Crippen LogP contribution in [0.15, 0.2) is 34.9 Å². The summed E-state index contributed by atoms with van der Waals surface area (Å²) in [7, 11) is 0. The molecule has 0 spiro atoms. The molecule has 108 valence electrons. The lowest BCUT2D eigenvalue weighted by molar-refractivity contribution is -0.137. The van der Waals surface area contributed by atoms with E-state index in [0.29, 0.717) is 27.0 Å². The van der Waals surface area contributed by atoms with Gasteiger partial charge in [-0.15, -0.1) is 0 Å². The van der Waals surface area contributed by atoms with E-state index in [2.05, 4.69) is 30.9 Å². The summed E-state index contributed by atoms with van der Waals surface area (Å²) in [5.74, 6) is 0.348. The van der Waals surface area contributed by atoms with Crippen molar-refractivity contribution in [2.75, 3.05) is 0 Å². The van der Waals surface area contributed by atoms with E-state index < -0.39 is 11.7 Å². The number of pyridine rings is 1. The third-order valence-electron chi connectivity index (χ3n) is 3.02. The highest BCUT2D eigenvalue weighted by Gasteiger charge is 2.31. The van der Waals surface area contributed by atoms with Crippen LogP contribution in [-0.2, 0) is 6.18 Å². The van der Waals surface area contributed by atoms with Crippen molar-refractivity contribution in [1.82, 2.24) is 15.0 Å². The Balaban J connectivity index is 2.17. The van der Waals surface area contributed by atoms with Crippen molar-refractivity contribution in [2.45, 2.75) is 13.1 Å². The Morgan fingerprint density at radius 1 is 1.19 bits per heavy atom. The van der Waals surface area contributed by atoms with Gasteiger partial charge in [-0.2, -0.15) is 13.2 Å². The van der Waals surface area contributed by atoms with Gasteiger partial charge < -0.3 is 4.98 Å². The molecule has 0 radical (unpaired) electrons. The zero-order valence-corrected chi connectivity index (χ0v) is 12.4. The maximum absolute atomic E-state index is 12.8. The van der Waals surface area contributed by atoms with Crippen LogP contribution in [0.3, 0.4) is 0 Å². The molecule has 7 heteroatoms. The average Bonchev–Trinajstić information content (AvgIpc) is 2.80. The van der Waals surface area contributed by atoms with E-state index in [4.69, 9.17) is 0 Å². The third kappa shape index (κ3) is 2.65. The van der Waals surface area contributed by atoms with Crippen LogP contribution in [0.5, 0.6) is 0 Å². The van der Waals surface area contributed by atoms with Crippen molar-refractivity contribution >= 4 is 27.1 Å². The predicted molar refractivity (Wildman–Crippen MR) is 76.8 cm³/mol. The molecule has 0 aliphatic heterocycles. The van der Waals surface area contributed by atoms with Gasteiger partial charge in [-0.05, 0) is 36.8 Å². The predicted octanol–water partition coefficient (Wildman–Crippen LogP) is 4.71. The maximum atomic E-state index is 12.8. The molecule has 0 atom stereocenters. The van der Waals surface area contributed by atoms with Gasteiger partial charge in [-0.3, -0.25) is 0 Å². The van der Waals surface area contributed by atoms with Crippen molar-refractivity contribution < 1.29 is 13.2 Å². The molecule has 0 fully saturated rings. The molecule has 2 aromatic heterocycles. The summed E-state index contributed by atoms with van der Waals surface area (Å²) in [6, 6.07) is 5.30. The Bertz CT molecular complexity index is 824. The Kier molecular flexibility index (Phi) is 3.24. The fourth-order valence-corrected chi connectivity index (χ4v) is 2.45. The first-order valence-corrected chi connectivity index (χ1v) is 6.83. The second-order valence-electron chi connectivity index (χ2n) is 4.66. The van der Waals surface area contributed by atoms with Gasteiger partial charge in [-0.25, -0.2) is 9.97 Å². The van der Waals surface area contributed by atoms with Crippen LogP contribution in [-0.4, -0.2) is 15.0 Å². The molecule has 0 saturated heterocycles. The number of nitrogens with one attached hydrogen (secondary N) is 1. The van der Waals surface area contributed by atoms with Crippen molar-refractivity contribution in [3.63, 3.8) is 0 Å². The molecular formula is C14H9BrF3N3. The van der Waals surface area contributed by atoms with Gasteiger partial charge >= 0.3 is 6.18 Å². The monoisotopic (exact) mass is 355 g/mol. The number of H-pyrrole nitrogens is 1. The molecule has 0 bridgehead atoms. The number of imidazole rings is 1. The summed E-state index contributed by atoms with van der Waals surface area (Å²) in [5, 5.41) is 0. The number of benzene rings is 1. The summed E-state index contributed by atoms with van der Waals surface area (Å²) in [6.07, 6.45) is -2.73. The van der Waals surface area contributed by atoms with Crippen LogP contribution >= 0.6 is 15.9 Å². The number of hydrogen-bond donors (Lipinski definition) is 1. The van der Waals surface area contributed by atoms with Gasteiger partial charge in [0.2, 0.25) is 0 Å². The normalized spacial score (nSPS) is 12.0. The average molecular weight is 356 g/mol.